The Bertz CT molecular complexity index is 1300. The molecule has 2 aliphatic rings. The van der Waals surface area contributed by atoms with Crippen molar-refractivity contribution in [1.29, 1.82) is 5.41 Å². The second kappa shape index (κ2) is 11.2. The Hall–Kier alpha value is -4.02. The summed E-state index contributed by atoms with van der Waals surface area (Å²) >= 11 is 0. The van der Waals surface area contributed by atoms with Gasteiger partial charge in [0.2, 0.25) is 0 Å². The molecule has 0 bridgehead atoms. The largest absolute Gasteiger partial charge is 0.496 e. The third-order valence-electron chi connectivity index (χ3n) is 7.08. The predicted molar refractivity (Wildman–Crippen MR) is 143 cm³/mol. The van der Waals surface area contributed by atoms with Crippen LogP contribution in [0.25, 0.3) is 0 Å². The number of aromatic nitrogens is 2. The van der Waals surface area contributed by atoms with E-state index in [0.717, 1.165) is 31.2 Å². The Morgan fingerprint density at radius 2 is 1.82 bits per heavy atom. The molecular formula is C28H32N6O4. The number of para-hydroxylation sites is 1. The van der Waals surface area contributed by atoms with E-state index in [1.54, 1.807) is 18.2 Å². The number of methoxy groups -OCH3 is 1. The Kier molecular flexibility index (Phi) is 7.52. The summed E-state index contributed by atoms with van der Waals surface area (Å²) in [5, 5.41) is 15.3. The average Bonchev–Trinajstić information content (AvgIpc) is 3.41. The lowest BCUT2D eigenvalue weighted by Crippen LogP contribution is -2.39. The summed E-state index contributed by atoms with van der Waals surface area (Å²) in [7, 11) is 1.54. The molecule has 1 saturated heterocycles. The highest BCUT2D eigenvalue weighted by atomic mass is 16.7. The molecule has 198 valence electrons. The molecule has 5 rings (SSSR count). The molecule has 1 spiro atoms. The summed E-state index contributed by atoms with van der Waals surface area (Å²) in [6.07, 6.45) is 4.77. The van der Waals surface area contributed by atoms with Gasteiger partial charge in [-0.15, -0.1) is 0 Å². The van der Waals surface area contributed by atoms with Crippen LogP contribution >= 0.6 is 0 Å². The number of ether oxygens (including phenoxy) is 3. The first-order chi connectivity index (χ1) is 18.5. The predicted octanol–water partition coefficient (Wildman–Crippen LogP) is 3.51. The summed E-state index contributed by atoms with van der Waals surface area (Å²) in [6, 6.07) is 14.7. The number of nitrogens with two attached hydrogens (primary N) is 1. The Morgan fingerprint density at radius 3 is 2.53 bits per heavy atom. The van der Waals surface area contributed by atoms with Crippen LogP contribution in [0.3, 0.4) is 0 Å². The lowest BCUT2D eigenvalue weighted by molar-refractivity contribution is -0.177. The number of anilines is 2. The molecule has 10 nitrogen and oxygen atoms in total. The van der Waals surface area contributed by atoms with E-state index in [9.17, 15) is 4.79 Å². The summed E-state index contributed by atoms with van der Waals surface area (Å²) in [5.74, 6) is 0.658. The standard InChI is InChI=1S/C28H32N6O4/c1-36-22-5-3-2-4-21(22)27(35)31-16-18-6-8-19(9-7-18)24(29)23-25(30)32-17-33-26(23)34-20-10-12-28(13-11-20)37-14-15-38-28/h2-9,17,20,29H,10-16H2,1H3,(H,31,35)(H3,30,32,33,34). The first kappa shape index (κ1) is 25.6. The number of carbonyl (C=O) groups is 1. The van der Waals surface area contributed by atoms with Gasteiger partial charge in [-0.05, 0) is 30.5 Å². The van der Waals surface area contributed by atoms with Crippen molar-refractivity contribution in [2.75, 3.05) is 31.4 Å². The normalized spacial score (nSPS) is 16.8. The van der Waals surface area contributed by atoms with Crippen LogP contribution in [-0.2, 0) is 16.0 Å². The van der Waals surface area contributed by atoms with E-state index < -0.39 is 5.79 Å². The minimum Gasteiger partial charge on any atom is -0.496 e. The molecule has 5 N–H and O–H groups in total. The van der Waals surface area contributed by atoms with Gasteiger partial charge in [-0.25, -0.2) is 9.97 Å². The minimum absolute atomic E-state index is 0.170. The fourth-order valence-corrected chi connectivity index (χ4v) is 4.98. The number of nitrogen functional groups attached to an aromatic ring is 1. The van der Waals surface area contributed by atoms with Crippen LogP contribution in [-0.4, -0.2) is 53.7 Å². The van der Waals surface area contributed by atoms with Gasteiger partial charge in [-0.1, -0.05) is 36.4 Å². The molecular weight excluding hydrogens is 484 g/mol. The number of benzene rings is 2. The molecule has 1 aliphatic carbocycles. The zero-order chi connectivity index (χ0) is 26.5. The molecule has 1 amide bonds. The maximum absolute atomic E-state index is 12.6. The van der Waals surface area contributed by atoms with E-state index in [1.165, 1.54) is 13.4 Å². The van der Waals surface area contributed by atoms with Crippen LogP contribution in [0.1, 0.15) is 52.7 Å². The number of carbonyl (C=O) groups excluding carboxylic acids is 1. The van der Waals surface area contributed by atoms with Crippen LogP contribution in [0.15, 0.2) is 54.9 Å². The molecule has 10 heteroatoms. The third-order valence-corrected chi connectivity index (χ3v) is 7.08. The molecule has 2 aromatic carbocycles. The monoisotopic (exact) mass is 516 g/mol. The summed E-state index contributed by atoms with van der Waals surface area (Å²) in [5.41, 5.74) is 8.96. The van der Waals surface area contributed by atoms with Gasteiger partial charge in [0.1, 0.15) is 23.7 Å². The fraction of sp³-hybridized carbons (Fsp3) is 0.357. The number of hydrogen-bond acceptors (Lipinski definition) is 9. The zero-order valence-electron chi connectivity index (χ0n) is 21.3. The topological polar surface area (TPSA) is 144 Å². The number of amides is 1. The van der Waals surface area contributed by atoms with E-state index in [1.807, 2.05) is 30.3 Å². The highest BCUT2D eigenvalue weighted by molar-refractivity contribution is 6.16. The van der Waals surface area contributed by atoms with E-state index in [2.05, 4.69) is 20.6 Å². The van der Waals surface area contributed by atoms with Crippen molar-refractivity contribution in [3.05, 3.63) is 77.1 Å². The molecule has 38 heavy (non-hydrogen) atoms. The van der Waals surface area contributed by atoms with Crippen molar-refractivity contribution in [2.45, 2.75) is 44.1 Å². The lowest BCUT2D eigenvalue weighted by atomic mass is 9.90. The molecule has 0 unspecified atom stereocenters. The Balaban J connectivity index is 1.24. The molecule has 1 aromatic heterocycles. The number of nitrogens with zero attached hydrogens (tertiary/aromatic N) is 2. The van der Waals surface area contributed by atoms with Crippen LogP contribution in [0.4, 0.5) is 11.6 Å². The van der Waals surface area contributed by atoms with Crippen molar-refractivity contribution in [3.63, 3.8) is 0 Å². The average molecular weight is 517 g/mol. The molecule has 0 radical (unpaired) electrons. The first-order valence-corrected chi connectivity index (χ1v) is 12.7. The first-order valence-electron chi connectivity index (χ1n) is 12.7. The smallest absolute Gasteiger partial charge is 0.255 e. The fourth-order valence-electron chi connectivity index (χ4n) is 4.98. The third kappa shape index (κ3) is 5.46. The van der Waals surface area contributed by atoms with Gasteiger partial charge in [0, 0.05) is 31.0 Å². The highest BCUT2D eigenvalue weighted by Gasteiger charge is 2.40. The summed E-state index contributed by atoms with van der Waals surface area (Å²) < 4.78 is 16.9. The molecule has 3 aromatic rings. The Morgan fingerprint density at radius 1 is 1.11 bits per heavy atom. The zero-order valence-corrected chi connectivity index (χ0v) is 21.3. The second-order valence-electron chi connectivity index (χ2n) is 9.46. The second-order valence-corrected chi connectivity index (χ2v) is 9.46. The van der Waals surface area contributed by atoms with Gasteiger partial charge < -0.3 is 30.6 Å². The van der Waals surface area contributed by atoms with E-state index in [4.69, 9.17) is 25.4 Å². The van der Waals surface area contributed by atoms with Crippen molar-refractivity contribution < 1.29 is 19.0 Å². The number of rotatable bonds is 8. The van der Waals surface area contributed by atoms with E-state index >= 15 is 0 Å². The highest BCUT2D eigenvalue weighted by Crippen LogP contribution is 2.37. The molecule has 0 atom stereocenters. The lowest BCUT2D eigenvalue weighted by Gasteiger charge is -2.36. The van der Waals surface area contributed by atoms with Gasteiger partial charge in [0.25, 0.3) is 5.91 Å². The molecule has 1 saturated carbocycles. The van der Waals surface area contributed by atoms with Crippen LogP contribution in [0.5, 0.6) is 5.75 Å². The van der Waals surface area contributed by atoms with E-state index in [0.29, 0.717) is 48.0 Å². The maximum atomic E-state index is 12.6. The van der Waals surface area contributed by atoms with Crippen LogP contribution in [0.2, 0.25) is 0 Å². The molecule has 2 fully saturated rings. The van der Waals surface area contributed by atoms with Gasteiger partial charge in [0.05, 0.1) is 37.2 Å². The van der Waals surface area contributed by atoms with Gasteiger partial charge in [-0.3, -0.25) is 10.2 Å². The van der Waals surface area contributed by atoms with Crippen molar-refractivity contribution in [3.8, 4) is 5.75 Å². The van der Waals surface area contributed by atoms with E-state index in [-0.39, 0.29) is 23.5 Å². The van der Waals surface area contributed by atoms with Crippen molar-refractivity contribution in [2.24, 2.45) is 0 Å². The van der Waals surface area contributed by atoms with Crippen molar-refractivity contribution >= 4 is 23.3 Å². The molecule has 1 aliphatic heterocycles. The quantitative estimate of drug-likeness (QED) is 0.333. The van der Waals surface area contributed by atoms with Gasteiger partial charge in [0.15, 0.2) is 5.79 Å². The maximum Gasteiger partial charge on any atom is 0.255 e. The van der Waals surface area contributed by atoms with Crippen LogP contribution in [0, 0.1) is 5.41 Å². The van der Waals surface area contributed by atoms with Crippen LogP contribution < -0.4 is 21.1 Å². The summed E-state index contributed by atoms with van der Waals surface area (Å²) in [4.78, 5) is 21.1. The van der Waals surface area contributed by atoms with Gasteiger partial charge in [-0.2, -0.15) is 0 Å². The number of hydrogen-bond donors (Lipinski definition) is 4. The SMILES string of the molecule is COc1ccccc1C(=O)NCc1ccc(C(=N)c2c(N)ncnc2NC2CCC3(CC2)OCCO3)cc1. The Labute approximate surface area is 221 Å². The summed E-state index contributed by atoms with van der Waals surface area (Å²) in [6.45, 7) is 1.63. The van der Waals surface area contributed by atoms with Crippen molar-refractivity contribution in [1.82, 2.24) is 15.3 Å². The van der Waals surface area contributed by atoms with Gasteiger partial charge >= 0.3 is 0 Å². The minimum atomic E-state index is -0.438. The number of nitrogens with one attached hydrogen (secondary N) is 3. The molecule has 2 heterocycles.